The van der Waals surface area contributed by atoms with Crippen molar-refractivity contribution in [3.63, 3.8) is 0 Å². The number of aliphatic hydroxyl groups excluding tert-OH is 1. The molecule has 1 aliphatic heterocycles. The lowest BCUT2D eigenvalue weighted by molar-refractivity contribution is 0.126. The van der Waals surface area contributed by atoms with Gasteiger partial charge in [0.1, 0.15) is 0 Å². The molecule has 2 aliphatic rings. The van der Waals surface area contributed by atoms with E-state index >= 15 is 0 Å². The van der Waals surface area contributed by atoms with Gasteiger partial charge in [-0.15, -0.1) is 11.3 Å². The van der Waals surface area contributed by atoms with Crippen molar-refractivity contribution >= 4 is 43.2 Å². The smallest absolute Gasteiger partial charge is 0.235 e. The molecule has 0 bridgehead atoms. The summed E-state index contributed by atoms with van der Waals surface area (Å²) in [5.74, 6) is 0.827. The van der Waals surface area contributed by atoms with Crippen LogP contribution in [0.2, 0.25) is 0 Å². The van der Waals surface area contributed by atoms with Crippen LogP contribution in [0, 0.1) is 0 Å². The van der Waals surface area contributed by atoms with Crippen LogP contribution in [0.25, 0.3) is 10.2 Å². The molecule has 2 fully saturated rings. The highest BCUT2D eigenvalue weighted by Gasteiger charge is 2.28. The molecule has 1 saturated carbocycles. The first-order valence-electron chi connectivity index (χ1n) is 13.2. The Kier molecular flexibility index (Phi) is 7.03. The number of sulfonamides is 1. The van der Waals surface area contributed by atoms with E-state index in [1.165, 1.54) is 9.87 Å². The van der Waals surface area contributed by atoms with E-state index in [4.69, 9.17) is 15.0 Å². The zero-order chi connectivity index (χ0) is 26.1. The molecule has 2 N–H and O–H groups in total. The first-order valence-corrected chi connectivity index (χ1v) is 15.6. The Morgan fingerprint density at radius 1 is 0.947 bits per heavy atom. The lowest BCUT2D eigenvalue weighted by atomic mass is 9.93. The molecule has 8 nitrogen and oxygen atoms in total. The number of anilines is 2. The Morgan fingerprint density at radius 3 is 2.45 bits per heavy atom. The first kappa shape index (κ1) is 25.2. The van der Waals surface area contributed by atoms with E-state index in [1.807, 2.05) is 36.4 Å². The van der Waals surface area contributed by atoms with Gasteiger partial charge >= 0.3 is 0 Å². The highest BCUT2D eigenvalue weighted by molar-refractivity contribution is 7.93. The van der Waals surface area contributed by atoms with Crippen LogP contribution in [0.4, 0.5) is 11.6 Å². The number of nitrogens with one attached hydrogen (secondary N) is 1. The van der Waals surface area contributed by atoms with Gasteiger partial charge in [-0.1, -0.05) is 30.3 Å². The third-order valence-corrected chi connectivity index (χ3v) is 10.1. The van der Waals surface area contributed by atoms with Gasteiger partial charge in [-0.25, -0.2) is 23.4 Å². The van der Waals surface area contributed by atoms with Gasteiger partial charge in [0.25, 0.3) is 0 Å². The summed E-state index contributed by atoms with van der Waals surface area (Å²) < 4.78 is 27.2. The monoisotopic (exact) mass is 549 g/mol. The van der Waals surface area contributed by atoms with Crippen LogP contribution in [-0.4, -0.2) is 52.9 Å². The number of benzene rings is 2. The summed E-state index contributed by atoms with van der Waals surface area (Å²) in [5, 5.41) is 14.3. The molecule has 3 heterocycles. The maximum Gasteiger partial charge on any atom is 0.235 e. The number of nitrogens with zero attached hydrogens (tertiary/aromatic N) is 4. The fraction of sp³-hybridized carbons (Fsp3) is 0.393. The summed E-state index contributed by atoms with van der Waals surface area (Å²) in [6.45, 7) is 0.528. The molecule has 198 valence electrons. The molecule has 0 unspecified atom stereocenters. The molecule has 2 aromatic heterocycles. The Bertz CT molecular complexity index is 1530. The standard InChI is InChI=1S/C28H31N5O3S2/c34-24-10-7-20(8-11-24)29-28-30-21(15-19-5-2-1-3-6-19)16-22(31-28)17-27-32-25-12-9-23(18-26(25)37-27)33-13-4-14-38(33,35)36/h1-3,5-6,9,12,16,18,20,24,34H,4,7-8,10-11,13-15,17H2,(H,29,30,31). The van der Waals surface area contributed by atoms with Crippen LogP contribution < -0.4 is 9.62 Å². The average Bonchev–Trinajstić information content (AvgIpc) is 3.46. The van der Waals surface area contributed by atoms with E-state index < -0.39 is 10.0 Å². The second-order valence-corrected chi connectivity index (χ2v) is 13.3. The molecular weight excluding hydrogens is 518 g/mol. The Hall–Kier alpha value is -3.08. The normalized spacial score (nSPS) is 21.1. The van der Waals surface area contributed by atoms with Gasteiger partial charge in [0.2, 0.25) is 16.0 Å². The van der Waals surface area contributed by atoms with Gasteiger partial charge in [-0.05, 0) is 61.9 Å². The van der Waals surface area contributed by atoms with Crippen LogP contribution in [0.1, 0.15) is 54.1 Å². The molecule has 1 saturated heterocycles. The van der Waals surface area contributed by atoms with Crippen LogP contribution in [-0.2, 0) is 22.9 Å². The molecule has 0 amide bonds. The largest absolute Gasteiger partial charge is 0.393 e. The average molecular weight is 550 g/mol. The minimum absolute atomic E-state index is 0.204. The van der Waals surface area contributed by atoms with Crippen LogP contribution in [0.15, 0.2) is 54.6 Å². The maximum atomic E-state index is 12.4. The van der Waals surface area contributed by atoms with Gasteiger partial charge in [0.05, 0.1) is 44.2 Å². The predicted octanol–water partition coefficient (Wildman–Crippen LogP) is 4.52. The Balaban J connectivity index is 1.27. The molecule has 10 heteroatoms. The fourth-order valence-corrected chi connectivity index (χ4v) is 7.86. The van der Waals surface area contributed by atoms with E-state index in [0.717, 1.165) is 52.3 Å². The van der Waals surface area contributed by atoms with Gasteiger partial charge in [-0.2, -0.15) is 0 Å². The van der Waals surface area contributed by atoms with Crippen molar-refractivity contribution in [1.29, 1.82) is 0 Å². The van der Waals surface area contributed by atoms with Crippen molar-refractivity contribution in [2.24, 2.45) is 0 Å². The summed E-state index contributed by atoms with van der Waals surface area (Å²) in [4.78, 5) is 14.5. The zero-order valence-electron chi connectivity index (χ0n) is 21.1. The molecule has 1 aliphatic carbocycles. The van der Waals surface area contributed by atoms with Gasteiger partial charge < -0.3 is 10.4 Å². The molecule has 0 atom stereocenters. The maximum absolute atomic E-state index is 12.4. The number of hydrogen-bond donors (Lipinski definition) is 2. The topological polar surface area (TPSA) is 108 Å². The summed E-state index contributed by atoms with van der Waals surface area (Å²) in [5.41, 5.74) is 4.60. The summed E-state index contributed by atoms with van der Waals surface area (Å²) in [6.07, 6.45) is 5.11. The molecule has 6 rings (SSSR count). The van der Waals surface area contributed by atoms with Crippen LogP contribution in [0.5, 0.6) is 0 Å². The molecule has 38 heavy (non-hydrogen) atoms. The highest BCUT2D eigenvalue weighted by atomic mass is 32.2. The number of thiazole rings is 1. The third-order valence-electron chi connectivity index (χ3n) is 7.23. The van der Waals surface area contributed by atoms with Crippen molar-refractivity contribution in [2.45, 2.75) is 57.1 Å². The number of fused-ring (bicyclic) bond motifs is 1. The summed E-state index contributed by atoms with van der Waals surface area (Å²) in [6, 6.07) is 18.3. The van der Waals surface area contributed by atoms with E-state index in [-0.39, 0.29) is 17.9 Å². The lowest BCUT2D eigenvalue weighted by Gasteiger charge is -2.26. The van der Waals surface area contributed by atoms with E-state index in [2.05, 4.69) is 23.5 Å². The van der Waals surface area contributed by atoms with Crippen molar-refractivity contribution in [3.8, 4) is 0 Å². The van der Waals surface area contributed by atoms with Gasteiger partial charge in [-0.3, -0.25) is 4.31 Å². The van der Waals surface area contributed by atoms with Gasteiger partial charge in [0.15, 0.2) is 0 Å². The van der Waals surface area contributed by atoms with Crippen molar-refractivity contribution in [2.75, 3.05) is 21.9 Å². The predicted molar refractivity (Wildman–Crippen MR) is 151 cm³/mol. The van der Waals surface area contributed by atoms with E-state index in [1.54, 1.807) is 11.3 Å². The summed E-state index contributed by atoms with van der Waals surface area (Å²) in [7, 11) is -3.22. The molecule has 2 aromatic carbocycles. The van der Waals surface area contributed by atoms with Crippen molar-refractivity contribution in [3.05, 3.63) is 76.6 Å². The van der Waals surface area contributed by atoms with Gasteiger partial charge in [0, 0.05) is 25.4 Å². The van der Waals surface area contributed by atoms with Crippen molar-refractivity contribution in [1.82, 2.24) is 15.0 Å². The molecule has 0 radical (unpaired) electrons. The quantitative estimate of drug-likeness (QED) is 0.349. The number of rotatable bonds is 7. The van der Waals surface area contributed by atoms with Crippen molar-refractivity contribution < 1.29 is 13.5 Å². The first-order chi connectivity index (χ1) is 18.4. The zero-order valence-corrected chi connectivity index (χ0v) is 22.7. The number of aromatic nitrogens is 3. The minimum Gasteiger partial charge on any atom is -0.393 e. The SMILES string of the molecule is O=S1(=O)CCCN1c1ccc2nc(Cc3cc(Cc4ccccc4)nc(NC4CCC(O)CC4)n3)sc2c1. The Morgan fingerprint density at radius 2 is 1.71 bits per heavy atom. The second-order valence-electron chi connectivity index (χ2n) is 10.2. The minimum atomic E-state index is -3.22. The number of aliphatic hydroxyl groups is 1. The lowest BCUT2D eigenvalue weighted by Crippen LogP contribution is -2.29. The number of hydrogen-bond acceptors (Lipinski definition) is 8. The summed E-state index contributed by atoms with van der Waals surface area (Å²) >= 11 is 1.58. The third kappa shape index (κ3) is 5.67. The Labute approximate surface area is 226 Å². The molecule has 0 spiro atoms. The highest BCUT2D eigenvalue weighted by Crippen LogP contribution is 2.31. The van der Waals surface area contributed by atoms with Crippen LogP contribution >= 0.6 is 11.3 Å². The van der Waals surface area contributed by atoms with E-state index in [0.29, 0.717) is 37.4 Å². The fourth-order valence-electron chi connectivity index (χ4n) is 5.28. The van der Waals surface area contributed by atoms with Crippen LogP contribution in [0.3, 0.4) is 0 Å². The molecule has 4 aromatic rings. The second kappa shape index (κ2) is 10.6. The van der Waals surface area contributed by atoms with E-state index in [9.17, 15) is 13.5 Å². The molecular formula is C28H31N5O3S2.